The van der Waals surface area contributed by atoms with E-state index in [0.717, 1.165) is 11.1 Å². The maximum absolute atomic E-state index is 13.7. The second-order valence-corrected chi connectivity index (χ2v) is 26.6. The number of methoxy groups -OCH3 is 4. The zero-order valence-electron chi connectivity index (χ0n) is 52.8. The molecule has 5 aliphatic heterocycles. The first-order valence-electron chi connectivity index (χ1n) is 31.5. The predicted molar refractivity (Wildman–Crippen MR) is 310 cm³/mol. The molecule has 0 radical (unpaired) electrons. The summed E-state index contributed by atoms with van der Waals surface area (Å²) in [4.78, 5) is 27.0. The van der Waals surface area contributed by atoms with Gasteiger partial charge in [0.05, 0.1) is 60.9 Å². The average Bonchev–Trinajstić information content (AvgIpc) is 1.61. The van der Waals surface area contributed by atoms with Crippen molar-refractivity contribution in [3.63, 3.8) is 0 Å². The van der Waals surface area contributed by atoms with Gasteiger partial charge in [0.25, 0.3) is 0 Å². The van der Waals surface area contributed by atoms with Crippen molar-refractivity contribution in [3.8, 4) is 0 Å². The minimum Gasteiger partial charge on any atom is -0.458 e. The lowest BCUT2D eigenvalue weighted by Gasteiger charge is -2.67. The first-order valence-corrected chi connectivity index (χ1v) is 31.5. The number of carbonyl (C=O) groups is 2. The summed E-state index contributed by atoms with van der Waals surface area (Å²) < 4.78 is 93.6. The summed E-state index contributed by atoms with van der Waals surface area (Å²) in [6, 6.07) is 9.25. The van der Waals surface area contributed by atoms with E-state index in [2.05, 4.69) is 6.92 Å². The summed E-state index contributed by atoms with van der Waals surface area (Å²) >= 11 is 0. The van der Waals surface area contributed by atoms with E-state index >= 15 is 0 Å². The fraction of sp³-hybridized carbons (Fsp3) is 0.812. The summed E-state index contributed by atoms with van der Waals surface area (Å²) in [5.41, 5.74) is -6.41. The third kappa shape index (κ3) is 12.5. The highest BCUT2D eigenvalue weighted by Gasteiger charge is 2.81. The Morgan fingerprint density at radius 3 is 1.71 bits per heavy atom. The minimum absolute atomic E-state index is 0.0602. The van der Waals surface area contributed by atoms with Gasteiger partial charge in [0.15, 0.2) is 37.2 Å². The van der Waals surface area contributed by atoms with Crippen molar-refractivity contribution in [3.05, 3.63) is 53.6 Å². The van der Waals surface area contributed by atoms with Gasteiger partial charge in [-0.3, -0.25) is 4.79 Å². The molecule has 1 aromatic carbocycles. The van der Waals surface area contributed by atoms with Crippen LogP contribution in [0.15, 0.2) is 48.1 Å². The molecule has 1 unspecified atom stereocenters. The van der Waals surface area contributed by atoms with Gasteiger partial charge in [-0.25, -0.2) is 4.79 Å². The van der Waals surface area contributed by atoms with Crippen molar-refractivity contribution in [2.24, 2.45) is 16.7 Å². The monoisotopic (exact) mass is 1260 g/mol. The molecule has 5 saturated heterocycles. The van der Waals surface area contributed by atoms with E-state index in [9.17, 15) is 50.4 Å². The number of benzene rings is 1. The van der Waals surface area contributed by atoms with Crippen LogP contribution in [0.2, 0.25) is 0 Å². The van der Waals surface area contributed by atoms with Crippen LogP contribution >= 0.6 is 0 Å². The quantitative estimate of drug-likeness (QED) is 0.0558. The molecule has 0 aromatic heterocycles. The van der Waals surface area contributed by atoms with Gasteiger partial charge in [0.2, 0.25) is 0 Å². The van der Waals surface area contributed by atoms with Crippen LogP contribution in [-0.2, 0) is 80.6 Å². The Kier molecular flexibility index (Phi) is 21.2. The maximum Gasteiger partial charge on any atom is 0.331 e. The SMILES string of the molecule is CO[C@H]1[C@@H](O)[C@H](O[C@@H]2[C@@H](C)O[C@@H](O[C@H]3[C@@H](OC)C[C@H](O[C@H]4[C@@H](OC)C[C@H](O[C@H]5CC[C@@]6(C)C(=CC[C@]7(O)[C@@H]6CC(OC(=O)/C=C/c6ccccc6)[C@@]6(C)[C@]7(O)CC[C@]6(O)C(C)=O)C5)O[C@@H]4C)O[C@@H]3C)C[C@H]2OC)O[C@H](C)[C@H]1O[C@@H]1O[C@H](CO)[C@@H](O)[C@H](O)[C@H]1O. The van der Waals surface area contributed by atoms with Crippen molar-refractivity contribution in [2.75, 3.05) is 35.0 Å². The van der Waals surface area contributed by atoms with Crippen LogP contribution in [0, 0.1) is 16.7 Å². The van der Waals surface area contributed by atoms with Gasteiger partial charge in [-0.2, -0.15) is 0 Å². The number of fused-ring (bicyclic) bond motifs is 5. The maximum atomic E-state index is 13.7. The van der Waals surface area contributed by atoms with Crippen molar-refractivity contribution in [1.82, 2.24) is 0 Å². The number of aliphatic hydroxyl groups excluding tert-OH is 5. The lowest BCUT2D eigenvalue weighted by atomic mass is 9.42. The summed E-state index contributed by atoms with van der Waals surface area (Å²) in [5.74, 6) is -1.86. The first kappa shape index (κ1) is 68.8. The molecular weight excluding hydrogens is 1170 g/mol. The third-order valence-electron chi connectivity index (χ3n) is 21.8. The van der Waals surface area contributed by atoms with Crippen molar-refractivity contribution in [2.45, 2.75) is 277 Å². The number of esters is 1. The van der Waals surface area contributed by atoms with E-state index in [1.807, 2.05) is 50.3 Å². The number of ketones is 1. The van der Waals surface area contributed by atoms with Crippen molar-refractivity contribution >= 4 is 17.8 Å². The Bertz CT molecular complexity index is 2630. The molecule has 8 N–H and O–H groups in total. The molecule has 9 aliphatic rings. The van der Waals surface area contributed by atoms with E-state index in [1.165, 1.54) is 27.2 Å². The summed E-state index contributed by atoms with van der Waals surface area (Å²) in [6.45, 7) is 11.5. The summed E-state index contributed by atoms with van der Waals surface area (Å²) in [6.07, 6.45) is -14.7. The molecule has 8 fully saturated rings. The lowest BCUT2D eigenvalue weighted by molar-refractivity contribution is -0.374. The minimum atomic E-state index is -2.07. The van der Waals surface area contributed by atoms with Gasteiger partial charge in [-0.15, -0.1) is 0 Å². The topological polar surface area (TPSA) is 334 Å². The number of Topliss-reactive ketones (excluding diaryl/α,β-unsaturated/α-hetero) is 1. The molecule has 25 nitrogen and oxygen atoms in total. The number of rotatable bonds is 19. The van der Waals surface area contributed by atoms with Crippen LogP contribution in [0.25, 0.3) is 6.08 Å². The van der Waals surface area contributed by atoms with Gasteiger partial charge >= 0.3 is 5.97 Å². The fourth-order valence-electron chi connectivity index (χ4n) is 16.5. The number of ether oxygens (including phenoxy) is 15. The molecule has 30 atom stereocenters. The molecule has 502 valence electrons. The first-order chi connectivity index (χ1) is 42.2. The standard InChI is InChI=1S/C64H96O25/c1-31-53(86-47-27-40(76-9)54(32(2)80-47)87-48-28-41(77-10)55(33(3)81-48)88-59-52(71)57(78-11)56(34(4)82-59)89-58-51(70)50(69)49(68)42(30-65)84-58)39(75-8)26-46(79-31)83-38-20-21-60(6)37(25-38)19-22-63(73)43(60)29-44(85-45(67)18-17-36-15-13-12-14-16-36)61(7)62(72,35(5)66)23-24-64(61,63)74/h12-19,31-34,38-44,46-59,65,68-74H,20-30H2,1-11H3/b18-17+/t31-,32-,33-,34-,38+,39+,40+,41-,42-,43-,44?,46+,47+,48+,49-,50+,51-,52-,53-,54-,55-,56-,57+,58+,59+,60+,61-,62+,63+,64-/m1/s1. The Morgan fingerprint density at radius 1 is 0.618 bits per heavy atom. The van der Waals surface area contributed by atoms with E-state index in [4.69, 9.17) is 71.1 Å². The van der Waals surface area contributed by atoms with Gasteiger partial charge in [0, 0.05) is 59.7 Å². The fourth-order valence-corrected chi connectivity index (χ4v) is 16.5. The molecule has 0 bridgehead atoms. The summed E-state index contributed by atoms with van der Waals surface area (Å²) in [5, 5.41) is 90.7. The van der Waals surface area contributed by atoms with Gasteiger partial charge in [-0.1, -0.05) is 48.9 Å². The van der Waals surface area contributed by atoms with Crippen LogP contribution < -0.4 is 0 Å². The predicted octanol–water partition coefficient (Wildman–Crippen LogP) is 2.03. The lowest BCUT2D eigenvalue weighted by Crippen LogP contribution is -2.78. The number of aliphatic hydroxyl groups is 8. The molecular formula is C64H96O25. The molecule has 4 aliphatic carbocycles. The zero-order valence-corrected chi connectivity index (χ0v) is 52.8. The normalized spacial score (nSPS) is 49.3. The molecule has 5 heterocycles. The second-order valence-electron chi connectivity index (χ2n) is 26.6. The Labute approximate surface area is 520 Å². The third-order valence-corrected chi connectivity index (χ3v) is 21.8. The van der Waals surface area contributed by atoms with Crippen LogP contribution in [-0.4, -0.2) is 252 Å². The van der Waals surface area contributed by atoms with Gasteiger partial charge in [0.1, 0.15) is 83.9 Å². The van der Waals surface area contributed by atoms with E-state index < -0.39 is 193 Å². The Balaban J connectivity index is 0.728. The largest absolute Gasteiger partial charge is 0.458 e. The molecule has 0 spiro atoms. The van der Waals surface area contributed by atoms with Crippen LogP contribution in [0.5, 0.6) is 0 Å². The van der Waals surface area contributed by atoms with Crippen molar-refractivity contribution < 1.29 is 121 Å². The Hall–Kier alpha value is -3.04. The molecule has 89 heavy (non-hydrogen) atoms. The summed E-state index contributed by atoms with van der Waals surface area (Å²) in [7, 11) is 6.10. The van der Waals surface area contributed by atoms with Crippen LogP contribution in [0.3, 0.4) is 0 Å². The van der Waals surface area contributed by atoms with E-state index in [1.54, 1.807) is 41.1 Å². The van der Waals surface area contributed by atoms with E-state index in [0.29, 0.717) is 32.1 Å². The van der Waals surface area contributed by atoms with E-state index in [-0.39, 0.29) is 38.2 Å². The Morgan fingerprint density at radius 2 is 1.16 bits per heavy atom. The zero-order chi connectivity index (χ0) is 64.3. The molecule has 3 saturated carbocycles. The van der Waals surface area contributed by atoms with Crippen LogP contribution in [0.1, 0.15) is 118 Å². The highest BCUT2D eigenvalue weighted by molar-refractivity contribution is 5.89. The van der Waals surface area contributed by atoms with Gasteiger partial charge in [-0.05, 0) is 104 Å². The van der Waals surface area contributed by atoms with Crippen molar-refractivity contribution in [1.29, 1.82) is 0 Å². The molecule has 0 amide bonds. The number of hydrogen-bond acceptors (Lipinski definition) is 25. The molecule has 25 heteroatoms. The number of carbonyl (C=O) groups excluding carboxylic acids is 2. The van der Waals surface area contributed by atoms with Gasteiger partial charge < -0.3 is 112 Å². The second kappa shape index (κ2) is 27.4. The number of hydrogen-bond donors (Lipinski definition) is 8. The smallest absolute Gasteiger partial charge is 0.331 e. The van der Waals surface area contributed by atoms with Crippen LogP contribution in [0.4, 0.5) is 0 Å². The molecule has 1 aromatic rings. The highest BCUT2D eigenvalue weighted by atomic mass is 16.8. The highest BCUT2D eigenvalue weighted by Crippen LogP contribution is 2.71. The average molecular weight is 1270 g/mol. The molecule has 10 rings (SSSR count).